The zero-order chi connectivity index (χ0) is 16.7. The molecule has 1 spiro atoms. The van der Waals surface area contributed by atoms with Gasteiger partial charge in [-0.2, -0.15) is 0 Å². The van der Waals surface area contributed by atoms with E-state index < -0.39 is 0 Å². The molecule has 3 aliphatic heterocycles. The Morgan fingerprint density at radius 3 is 2.50 bits per heavy atom. The molecule has 0 aromatic heterocycles. The number of β-amino-alcohol motifs (C(OH)–C–C–N with tert-alkyl or cyclic N) is 1. The van der Waals surface area contributed by atoms with E-state index in [1.165, 1.54) is 25.2 Å². The van der Waals surface area contributed by atoms with Crippen molar-refractivity contribution in [1.82, 2.24) is 14.7 Å². The Bertz CT molecular complexity index is 555. The van der Waals surface area contributed by atoms with Crippen LogP contribution < -0.4 is 0 Å². The van der Waals surface area contributed by atoms with Crippen LogP contribution >= 0.6 is 0 Å². The summed E-state index contributed by atoms with van der Waals surface area (Å²) >= 11 is 0. The van der Waals surface area contributed by atoms with Crippen LogP contribution in [-0.4, -0.2) is 76.8 Å². The fourth-order valence-electron chi connectivity index (χ4n) is 5.19. The van der Waals surface area contributed by atoms with Gasteiger partial charge in [-0.25, -0.2) is 0 Å². The van der Waals surface area contributed by atoms with E-state index >= 15 is 0 Å². The van der Waals surface area contributed by atoms with Gasteiger partial charge in [-0.15, -0.1) is 0 Å². The predicted molar refractivity (Wildman–Crippen MR) is 96.8 cm³/mol. The van der Waals surface area contributed by atoms with E-state index in [0.717, 1.165) is 38.5 Å². The number of aliphatic hydroxyl groups excluding tert-OH is 1. The third-order valence-electron chi connectivity index (χ3n) is 5.90. The van der Waals surface area contributed by atoms with Gasteiger partial charge in [0.25, 0.3) is 0 Å². The van der Waals surface area contributed by atoms with Gasteiger partial charge in [0.05, 0.1) is 11.6 Å². The summed E-state index contributed by atoms with van der Waals surface area (Å²) in [6.45, 7) is 12.3. The van der Waals surface area contributed by atoms with Crippen molar-refractivity contribution >= 4 is 0 Å². The molecular formula is C20H31N3O. The predicted octanol–water partition coefficient (Wildman–Crippen LogP) is 1.65. The molecule has 0 aliphatic carbocycles. The number of benzene rings is 1. The minimum absolute atomic E-state index is 0.136. The van der Waals surface area contributed by atoms with E-state index in [0.29, 0.717) is 6.04 Å². The first-order chi connectivity index (χ1) is 11.5. The summed E-state index contributed by atoms with van der Waals surface area (Å²) in [7, 11) is 0. The molecule has 0 radical (unpaired) electrons. The smallest absolute Gasteiger partial charge is 0.0682 e. The van der Waals surface area contributed by atoms with Crippen LogP contribution in [0.5, 0.6) is 0 Å². The van der Waals surface area contributed by atoms with Crippen LogP contribution in [0.2, 0.25) is 0 Å². The molecule has 1 aromatic carbocycles. The monoisotopic (exact) mass is 329 g/mol. The maximum absolute atomic E-state index is 10.2. The van der Waals surface area contributed by atoms with E-state index in [2.05, 4.69) is 58.9 Å². The van der Waals surface area contributed by atoms with Gasteiger partial charge in [-0.05, 0) is 17.9 Å². The van der Waals surface area contributed by atoms with E-state index in [1.807, 2.05) is 0 Å². The van der Waals surface area contributed by atoms with Crippen LogP contribution in [0.3, 0.4) is 0 Å². The summed E-state index contributed by atoms with van der Waals surface area (Å²) in [6.07, 6.45) is 0.805. The number of nitrogens with zero attached hydrogens (tertiary/aromatic N) is 3. The molecule has 4 nitrogen and oxygen atoms in total. The molecule has 3 fully saturated rings. The SMILES string of the molecule is CC(C)CN1CC2(CN(Cc3ccccc3)C[C@@H]3C[C@@H](O)CN32)C1. The van der Waals surface area contributed by atoms with Gasteiger partial charge in [0.15, 0.2) is 0 Å². The summed E-state index contributed by atoms with van der Waals surface area (Å²) < 4.78 is 0. The average Bonchev–Trinajstić information content (AvgIpc) is 2.87. The molecule has 1 N–H and O–H groups in total. The molecule has 0 unspecified atom stereocenters. The second-order valence-electron chi connectivity index (χ2n) is 8.64. The topological polar surface area (TPSA) is 30.0 Å². The molecule has 4 heteroatoms. The molecule has 132 valence electrons. The quantitative estimate of drug-likeness (QED) is 0.910. The van der Waals surface area contributed by atoms with E-state index in [-0.39, 0.29) is 11.6 Å². The molecular weight excluding hydrogens is 298 g/mol. The summed E-state index contributed by atoms with van der Waals surface area (Å²) in [5.41, 5.74) is 1.67. The van der Waals surface area contributed by atoms with Crippen LogP contribution in [0.1, 0.15) is 25.8 Å². The Kier molecular flexibility index (Phi) is 4.42. The maximum Gasteiger partial charge on any atom is 0.0682 e. The third kappa shape index (κ3) is 3.13. The first kappa shape index (κ1) is 16.5. The molecule has 1 aromatic rings. The van der Waals surface area contributed by atoms with Gasteiger partial charge >= 0.3 is 0 Å². The first-order valence-electron chi connectivity index (χ1n) is 9.47. The van der Waals surface area contributed by atoms with Crippen LogP contribution in [0.15, 0.2) is 30.3 Å². The largest absolute Gasteiger partial charge is 0.392 e. The number of likely N-dealkylation sites (tertiary alicyclic amines) is 1. The Morgan fingerprint density at radius 2 is 1.79 bits per heavy atom. The summed E-state index contributed by atoms with van der Waals surface area (Å²) in [5, 5.41) is 10.2. The fraction of sp³-hybridized carbons (Fsp3) is 0.700. The molecule has 4 rings (SSSR count). The van der Waals surface area contributed by atoms with E-state index in [4.69, 9.17) is 0 Å². The lowest BCUT2D eigenvalue weighted by molar-refractivity contribution is -0.117. The second kappa shape index (κ2) is 6.41. The normalized spacial score (nSPS) is 30.7. The Hall–Kier alpha value is -0.940. The van der Waals surface area contributed by atoms with Gasteiger partial charge in [0.1, 0.15) is 0 Å². The van der Waals surface area contributed by atoms with E-state index in [9.17, 15) is 5.11 Å². The number of hydrogen-bond donors (Lipinski definition) is 1. The molecule has 0 saturated carbocycles. The van der Waals surface area contributed by atoms with Gasteiger partial charge in [-0.1, -0.05) is 44.2 Å². The highest BCUT2D eigenvalue weighted by Crippen LogP contribution is 2.39. The lowest BCUT2D eigenvalue weighted by Gasteiger charge is -2.61. The molecule has 2 atom stereocenters. The highest BCUT2D eigenvalue weighted by molar-refractivity contribution is 5.17. The Morgan fingerprint density at radius 1 is 1.08 bits per heavy atom. The van der Waals surface area contributed by atoms with Gasteiger partial charge < -0.3 is 5.11 Å². The average molecular weight is 329 g/mol. The van der Waals surface area contributed by atoms with Crippen molar-refractivity contribution in [3.63, 3.8) is 0 Å². The minimum Gasteiger partial charge on any atom is -0.392 e. The highest BCUT2D eigenvalue weighted by Gasteiger charge is 2.55. The van der Waals surface area contributed by atoms with Crippen molar-refractivity contribution in [1.29, 1.82) is 0 Å². The molecule has 3 saturated heterocycles. The summed E-state index contributed by atoms with van der Waals surface area (Å²) in [4.78, 5) is 7.87. The number of aliphatic hydroxyl groups is 1. The molecule has 3 heterocycles. The van der Waals surface area contributed by atoms with Crippen LogP contribution in [0.25, 0.3) is 0 Å². The van der Waals surface area contributed by atoms with Gasteiger partial charge in [0, 0.05) is 51.9 Å². The Balaban J connectivity index is 1.47. The summed E-state index contributed by atoms with van der Waals surface area (Å²) in [6, 6.07) is 11.3. The lowest BCUT2D eigenvalue weighted by Crippen LogP contribution is -2.78. The first-order valence-corrected chi connectivity index (χ1v) is 9.47. The van der Waals surface area contributed by atoms with Crippen LogP contribution in [0, 0.1) is 5.92 Å². The van der Waals surface area contributed by atoms with Crippen molar-refractivity contribution in [3.05, 3.63) is 35.9 Å². The number of fused-ring (bicyclic) bond motifs is 2. The molecule has 0 amide bonds. The number of hydrogen-bond acceptors (Lipinski definition) is 4. The lowest BCUT2D eigenvalue weighted by atomic mass is 9.83. The maximum atomic E-state index is 10.2. The van der Waals surface area contributed by atoms with Gasteiger partial charge in [-0.3, -0.25) is 14.7 Å². The van der Waals surface area contributed by atoms with Crippen molar-refractivity contribution in [2.24, 2.45) is 5.92 Å². The minimum atomic E-state index is -0.136. The van der Waals surface area contributed by atoms with Gasteiger partial charge in [0.2, 0.25) is 0 Å². The third-order valence-corrected chi connectivity index (χ3v) is 5.90. The number of rotatable bonds is 4. The van der Waals surface area contributed by atoms with Crippen molar-refractivity contribution in [2.45, 2.75) is 44.5 Å². The second-order valence-corrected chi connectivity index (χ2v) is 8.64. The molecule has 3 aliphatic rings. The zero-order valence-corrected chi connectivity index (χ0v) is 15.1. The van der Waals surface area contributed by atoms with Crippen molar-refractivity contribution < 1.29 is 5.11 Å². The summed E-state index contributed by atoms with van der Waals surface area (Å²) in [5.74, 6) is 0.728. The van der Waals surface area contributed by atoms with Crippen molar-refractivity contribution in [3.8, 4) is 0 Å². The highest BCUT2D eigenvalue weighted by atomic mass is 16.3. The standard InChI is InChI=1S/C20H31N3O/c1-16(2)9-22-14-20(15-22)13-21(10-17-6-4-3-5-7-17)11-18-8-19(24)12-23(18)20/h3-7,16,18-19,24H,8-15H2,1-2H3/t18-,19+/m0/s1. The van der Waals surface area contributed by atoms with Crippen LogP contribution in [0.4, 0.5) is 0 Å². The van der Waals surface area contributed by atoms with Crippen molar-refractivity contribution in [2.75, 3.05) is 39.3 Å². The van der Waals surface area contributed by atoms with Crippen LogP contribution in [-0.2, 0) is 6.54 Å². The number of piperazine rings is 1. The molecule has 24 heavy (non-hydrogen) atoms. The zero-order valence-electron chi connectivity index (χ0n) is 15.1. The fourth-order valence-corrected chi connectivity index (χ4v) is 5.19. The van der Waals surface area contributed by atoms with E-state index in [1.54, 1.807) is 0 Å². The molecule has 0 bridgehead atoms. The Labute approximate surface area is 146 Å².